The van der Waals surface area contributed by atoms with E-state index in [0.717, 1.165) is 37.6 Å². The van der Waals surface area contributed by atoms with E-state index in [2.05, 4.69) is 11.0 Å². The Kier molecular flexibility index (Phi) is 5.68. The van der Waals surface area contributed by atoms with E-state index in [1.54, 1.807) is 14.2 Å². The second-order valence-electron chi connectivity index (χ2n) is 5.38. The van der Waals surface area contributed by atoms with Crippen molar-refractivity contribution >= 4 is 0 Å². The van der Waals surface area contributed by atoms with Gasteiger partial charge in [-0.05, 0) is 50.6 Å². The minimum Gasteiger partial charge on any atom is -0.497 e. The maximum Gasteiger partial charge on any atom is 0.123 e. The molecule has 1 heterocycles. The fourth-order valence-corrected chi connectivity index (χ4v) is 3.01. The molecule has 0 radical (unpaired) electrons. The van der Waals surface area contributed by atoms with E-state index in [9.17, 15) is 0 Å². The molecule has 4 nitrogen and oxygen atoms in total. The quantitative estimate of drug-likeness (QED) is 0.868. The molecule has 0 spiro atoms. The Labute approximate surface area is 121 Å². The van der Waals surface area contributed by atoms with Gasteiger partial charge in [-0.3, -0.25) is 4.90 Å². The predicted molar refractivity (Wildman–Crippen MR) is 81.3 cm³/mol. The lowest BCUT2D eigenvalue weighted by atomic mass is 9.98. The number of hydrogen-bond donors (Lipinski definition) is 1. The molecule has 4 heteroatoms. The number of nitrogens with two attached hydrogens (primary N) is 1. The first-order valence-corrected chi connectivity index (χ1v) is 7.43. The highest BCUT2D eigenvalue weighted by Crippen LogP contribution is 2.28. The van der Waals surface area contributed by atoms with Gasteiger partial charge in [0.1, 0.15) is 11.5 Å². The second-order valence-corrected chi connectivity index (χ2v) is 5.38. The summed E-state index contributed by atoms with van der Waals surface area (Å²) >= 11 is 0. The summed E-state index contributed by atoms with van der Waals surface area (Å²) in [5.74, 6) is 1.82. The number of hydrogen-bond acceptors (Lipinski definition) is 4. The summed E-state index contributed by atoms with van der Waals surface area (Å²) < 4.78 is 10.8. The highest BCUT2D eigenvalue weighted by molar-refractivity contribution is 5.40. The van der Waals surface area contributed by atoms with Crippen molar-refractivity contribution in [3.05, 3.63) is 23.8 Å². The molecule has 1 unspecified atom stereocenters. The third-order valence-electron chi connectivity index (χ3n) is 4.11. The first-order valence-electron chi connectivity index (χ1n) is 7.43. The zero-order valence-corrected chi connectivity index (χ0v) is 12.6. The summed E-state index contributed by atoms with van der Waals surface area (Å²) in [4.78, 5) is 2.54. The fourth-order valence-electron chi connectivity index (χ4n) is 3.01. The van der Waals surface area contributed by atoms with Crippen molar-refractivity contribution in [3.63, 3.8) is 0 Å². The molecule has 1 aliphatic heterocycles. The number of nitrogens with zero attached hydrogens (tertiary/aromatic N) is 1. The van der Waals surface area contributed by atoms with Crippen molar-refractivity contribution in [1.29, 1.82) is 0 Å². The van der Waals surface area contributed by atoms with Crippen molar-refractivity contribution in [2.75, 3.05) is 27.3 Å². The van der Waals surface area contributed by atoms with Crippen molar-refractivity contribution in [3.8, 4) is 11.5 Å². The van der Waals surface area contributed by atoms with Crippen LogP contribution in [0.1, 0.15) is 31.2 Å². The summed E-state index contributed by atoms with van der Waals surface area (Å²) in [5.41, 5.74) is 6.94. The minimum atomic E-state index is 0.602. The second kappa shape index (κ2) is 7.50. The number of benzene rings is 1. The van der Waals surface area contributed by atoms with Gasteiger partial charge in [0.2, 0.25) is 0 Å². The van der Waals surface area contributed by atoms with E-state index in [4.69, 9.17) is 15.2 Å². The van der Waals surface area contributed by atoms with Crippen LogP contribution in [-0.2, 0) is 6.54 Å². The normalized spacial score (nSPS) is 19.9. The molecule has 112 valence electrons. The third kappa shape index (κ3) is 3.64. The average molecular weight is 278 g/mol. The molecule has 0 saturated carbocycles. The van der Waals surface area contributed by atoms with Gasteiger partial charge in [0.15, 0.2) is 0 Å². The Balaban J connectivity index is 2.14. The molecule has 0 aliphatic carbocycles. The van der Waals surface area contributed by atoms with Crippen LogP contribution in [0, 0.1) is 0 Å². The van der Waals surface area contributed by atoms with Crippen LogP contribution in [0.5, 0.6) is 11.5 Å². The molecule has 1 aromatic rings. The summed E-state index contributed by atoms with van der Waals surface area (Å²) in [6.45, 7) is 2.81. The van der Waals surface area contributed by atoms with Crippen LogP contribution < -0.4 is 15.2 Å². The number of likely N-dealkylation sites (tertiary alicyclic amines) is 1. The SMILES string of the molecule is COc1ccc(OC)c(CN2CCCCC2CCN)c1. The predicted octanol–water partition coefficient (Wildman–Crippen LogP) is 2.41. The molecule has 0 amide bonds. The summed E-state index contributed by atoms with van der Waals surface area (Å²) in [6, 6.07) is 6.60. The number of rotatable bonds is 6. The molecule has 1 saturated heterocycles. The van der Waals surface area contributed by atoms with Crippen LogP contribution in [0.25, 0.3) is 0 Å². The van der Waals surface area contributed by atoms with Gasteiger partial charge in [0.05, 0.1) is 14.2 Å². The van der Waals surface area contributed by atoms with Gasteiger partial charge in [-0.2, -0.15) is 0 Å². The molecule has 20 heavy (non-hydrogen) atoms. The first-order chi connectivity index (χ1) is 9.78. The Bertz CT molecular complexity index is 421. The fraction of sp³-hybridized carbons (Fsp3) is 0.625. The molecule has 1 aliphatic rings. The molecule has 1 aromatic carbocycles. The zero-order valence-electron chi connectivity index (χ0n) is 12.6. The minimum absolute atomic E-state index is 0.602. The van der Waals surface area contributed by atoms with Gasteiger partial charge in [0, 0.05) is 18.2 Å². The van der Waals surface area contributed by atoms with Crippen molar-refractivity contribution in [1.82, 2.24) is 4.90 Å². The maximum absolute atomic E-state index is 5.75. The monoisotopic (exact) mass is 278 g/mol. The largest absolute Gasteiger partial charge is 0.497 e. The van der Waals surface area contributed by atoms with Crippen LogP contribution in [0.2, 0.25) is 0 Å². The highest BCUT2D eigenvalue weighted by Gasteiger charge is 2.22. The number of methoxy groups -OCH3 is 2. The Morgan fingerprint density at radius 3 is 2.80 bits per heavy atom. The molecule has 2 N–H and O–H groups in total. The molecule has 0 aromatic heterocycles. The van der Waals surface area contributed by atoms with Crippen LogP contribution in [0.4, 0.5) is 0 Å². The van der Waals surface area contributed by atoms with Crippen molar-refractivity contribution in [2.45, 2.75) is 38.3 Å². The molecular formula is C16H26N2O2. The molecular weight excluding hydrogens is 252 g/mol. The number of ether oxygens (including phenoxy) is 2. The van der Waals surface area contributed by atoms with Crippen LogP contribution in [-0.4, -0.2) is 38.3 Å². The Morgan fingerprint density at radius 1 is 1.25 bits per heavy atom. The molecule has 1 fully saturated rings. The lowest BCUT2D eigenvalue weighted by Crippen LogP contribution is -2.40. The lowest BCUT2D eigenvalue weighted by Gasteiger charge is -2.36. The van der Waals surface area contributed by atoms with Gasteiger partial charge in [0.25, 0.3) is 0 Å². The highest BCUT2D eigenvalue weighted by atomic mass is 16.5. The molecule has 1 atom stereocenters. The standard InChI is InChI=1S/C16H26N2O2/c1-19-15-6-7-16(20-2)13(11-15)12-18-10-4-3-5-14(18)8-9-17/h6-7,11,14H,3-5,8-10,12,17H2,1-2H3. The zero-order chi connectivity index (χ0) is 14.4. The van der Waals surface area contributed by atoms with E-state index >= 15 is 0 Å². The van der Waals surface area contributed by atoms with E-state index in [1.807, 2.05) is 12.1 Å². The van der Waals surface area contributed by atoms with Gasteiger partial charge < -0.3 is 15.2 Å². The Hall–Kier alpha value is -1.26. The van der Waals surface area contributed by atoms with E-state index in [-0.39, 0.29) is 0 Å². The third-order valence-corrected chi connectivity index (χ3v) is 4.11. The molecule has 0 bridgehead atoms. The first kappa shape index (κ1) is 15.1. The lowest BCUT2D eigenvalue weighted by molar-refractivity contribution is 0.132. The Morgan fingerprint density at radius 2 is 2.10 bits per heavy atom. The van der Waals surface area contributed by atoms with Crippen LogP contribution in [0.3, 0.4) is 0 Å². The van der Waals surface area contributed by atoms with Crippen molar-refractivity contribution < 1.29 is 9.47 Å². The summed E-state index contributed by atoms with van der Waals surface area (Å²) in [7, 11) is 3.42. The van der Waals surface area contributed by atoms with E-state index < -0.39 is 0 Å². The van der Waals surface area contributed by atoms with Crippen LogP contribution >= 0.6 is 0 Å². The van der Waals surface area contributed by atoms with E-state index in [0.29, 0.717) is 6.04 Å². The van der Waals surface area contributed by atoms with E-state index in [1.165, 1.54) is 24.8 Å². The van der Waals surface area contributed by atoms with Gasteiger partial charge in [-0.25, -0.2) is 0 Å². The van der Waals surface area contributed by atoms with Crippen molar-refractivity contribution in [2.24, 2.45) is 5.73 Å². The smallest absolute Gasteiger partial charge is 0.123 e. The average Bonchev–Trinajstić information content (AvgIpc) is 2.49. The van der Waals surface area contributed by atoms with Gasteiger partial charge in [-0.1, -0.05) is 6.42 Å². The van der Waals surface area contributed by atoms with Crippen LogP contribution in [0.15, 0.2) is 18.2 Å². The molecule has 2 rings (SSSR count). The number of piperidine rings is 1. The van der Waals surface area contributed by atoms with Gasteiger partial charge >= 0.3 is 0 Å². The summed E-state index contributed by atoms with van der Waals surface area (Å²) in [5, 5.41) is 0. The van der Waals surface area contributed by atoms with Gasteiger partial charge in [-0.15, -0.1) is 0 Å². The summed E-state index contributed by atoms with van der Waals surface area (Å²) in [6.07, 6.45) is 4.92. The maximum atomic E-state index is 5.75. The topological polar surface area (TPSA) is 47.7 Å².